The fourth-order valence-electron chi connectivity index (χ4n) is 1.57. The lowest BCUT2D eigenvalue weighted by Gasteiger charge is -2.07. The smallest absolute Gasteiger partial charge is 0.259 e. The third kappa shape index (κ3) is 3.62. The summed E-state index contributed by atoms with van der Waals surface area (Å²) in [6, 6.07) is 7.60. The highest BCUT2D eigenvalue weighted by molar-refractivity contribution is 7.14. The molecular weight excluding hydrogens is 319 g/mol. The van der Waals surface area contributed by atoms with Crippen LogP contribution in [0.25, 0.3) is 11.3 Å². The monoisotopic (exact) mass is 330 g/mol. The topological polar surface area (TPSA) is 51.2 Å². The zero-order chi connectivity index (χ0) is 14.5. The molecule has 0 unspecified atom stereocenters. The molecule has 0 aliphatic heterocycles. The maximum absolute atomic E-state index is 11.4. The number of benzene rings is 1. The minimum Gasteiger partial charge on any atom is -0.493 e. The third-order valence-corrected chi connectivity index (χ3v) is 3.55. The number of para-hydroxylation sites is 1. The van der Waals surface area contributed by atoms with Gasteiger partial charge in [-0.2, -0.15) is 0 Å². The maximum Gasteiger partial charge on any atom is 0.259 e. The number of hydrogen-bond donors (Lipinski definition) is 1. The number of nitrogens with one attached hydrogen (secondary N) is 1. The SMILES string of the molecule is CCOc1ccccc1-c1csc(NC(=O)C(Cl)Cl)n1. The Labute approximate surface area is 130 Å². The number of thiazole rings is 1. The summed E-state index contributed by atoms with van der Waals surface area (Å²) in [6.07, 6.45) is 0. The molecule has 7 heteroatoms. The van der Waals surface area contributed by atoms with Crippen molar-refractivity contribution in [2.75, 3.05) is 11.9 Å². The van der Waals surface area contributed by atoms with Gasteiger partial charge < -0.3 is 4.74 Å². The number of anilines is 1. The van der Waals surface area contributed by atoms with Crippen molar-refractivity contribution in [1.29, 1.82) is 0 Å². The first-order valence-corrected chi connectivity index (χ1v) is 7.63. The van der Waals surface area contributed by atoms with E-state index in [2.05, 4.69) is 10.3 Å². The summed E-state index contributed by atoms with van der Waals surface area (Å²) in [5.41, 5.74) is 1.61. The highest BCUT2D eigenvalue weighted by Crippen LogP contribution is 2.32. The summed E-state index contributed by atoms with van der Waals surface area (Å²) in [5, 5.41) is 4.83. The van der Waals surface area contributed by atoms with Crippen LogP contribution in [0.1, 0.15) is 6.92 Å². The van der Waals surface area contributed by atoms with Gasteiger partial charge >= 0.3 is 0 Å². The number of alkyl halides is 2. The molecule has 2 rings (SSSR count). The summed E-state index contributed by atoms with van der Waals surface area (Å²) in [6.45, 7) is 2.50. The lowest BCUT2D eigenvalue weighted by molar-refractivity contribution is -0.114. The van der Waals surface area contributed by atoms with Gasteiger partial charge in [-0.05, 0) is 19.1 Å². The molecule has 0 spiro atoms. The lowest BCUT2D eigenvalue weighted by atomic mass is 10.1. The Morgan fingerprint density at radius 2 is 2.20 bits per heavy atom. The second-order valence-corrected chi connectivity index (χ2v) is 5.71. The minimum absolute atomic E-state index is 0.447. The summed E-state index contributed by atoms with van der Waals surface area (Å²) in [7, 11) is 0. The highest BCUT2D eigenvalue weighted by Gasteiger charge is 2.15. The number of hydrogen-bond acceptors (Lipinski definition) is 4. The van der Waals surface area contributed by atoms with Crippen molar-refractivity contribution in [3.63, 3.8) is 0 Å². The summed E-state index contributed by atoms with van der Waals surface area (Å²) in [4.78, 5) is 14.6. The number of rotatable bonds is 5. The van der Waals surface area contributed by atoms with E-state index in [9.17, 15) is 4.79 Å². The van der Waals surface area contributed by atoms with Crippen molar-refractivity contribution in [2.24, 2.45) is 0 Å². The van der Waals surface area contributed by atoms with E-state index in [1.165, 1.54) is 11.3 Å². The Kier molecular flexibility index (Phi) is 5.23. The van der Waals surface area contributed by atoms with Gasteiger partial charge in [-0.25, -0.2) is 4.98 Å². The van der Waals surface area contributed by atoms with Crippen molar-refractivity contribution >= 4 is 45.6 Å². The van der Waals surface area contributed by atoms with Crippen LogP contribution in [-0.4, -0.2) is 22.3 Å². The first kappa shape index (κ1) is 15.1. The van der Waals surface area contributed by atoms with E-state index in [-0.39, 0.29) is 0 Å². The normalized spacial score (nSPS) is 10.6. The Hall–Kier alpha value is -1.30. The molecule has 0 bridgehead atoms. The van der Waals surface area contributed by atoms with Crippen LogP contribution >= 0.6 is 34.5 Å². The maximum atomic E-state index is 11.4. The van der Waals surface area contributed by atoms with Gasteiger partial charge in [0.25, 0.3) is 5.91 Å². The van der Waals surface area contributed by atoms with Crippen molar-refractivity contribution in [1.82, 2.24) is 4.98 Å². The number of aromatic nitrogens is 1. The molecule has 0 radical (unpaired) electrons. The number of halogens is 2. The number of carbonyl (C=O) groups excluding carboxylic acids is 1. The highest BCUT2D eigenvalue weighted by atomic mass is 35.5. The van der Waals surface area contributed by atoms with Gasteiger partial charge in [-0.3, -0.25) is 10.1 Å². The van der Waals surface area contributed by atoms with Crippen LogP contribution in [0.15, 0.2) is 29.6 Å². The summed E-state index contributed by atoms with van der Waals surface area (Å²) >= 11 is 12.3. The molecule has 2 aromatic rings. The third-order valence-electron chi connectivity index (χ3n) is 2.40. The minimum atomic E-state index is -1.11. The van der Waals surface area contributed by atoms with Gasteiger partial charge in [0.1, 0.15) is 5.75 Å². The molecule has 1 aromatic heterocycles. The fraction of sp³-hybridized carbons (Fsp3) is 0.231. The first-order valence-electron chi connectivity index (χ1n) is 5.88. The van der Waals surface area contributed by atoms with Crippen LogP contribution in [-0.2, 0) is 4.79 Å². The van der Waals surface area contributed by atoms with Gasteiger partial charge in [0.15, 0.2) is 9.97 Å². The summed E-state index contributed by atoms with van der Waals surface area (Å²) in [5.74, 6) is 0.262. The van der Waals surface area contributed by atoms with Crippen molar-refractivity contribution in [3.05, 3.63) is 29.6 Å². The van der Waals surface area contributed by atoms with Crippen LogP contribution in [0.5, 0.6) is 5.75 Å². The number of amides is 1. The fourth-order valence-corrected chi connectivity index (χ4v) is 2.40. The molecule has 0 aliphatic rings. The van der Waals surface area contributed by atoms with E-state index in [0.717, 1.165) is 17.0 Å². The number of ether oxygens (including phenoxy) is 1. The standard InChI is InChI=1S/C13H12Cl2N2O2S/c1-2-19-10-6-4-3-5-8(10)9-7-20-13(16-9)17-12(18)11(14)15/h3-7,11H,2H2,1H3,(H,16,17,18). The molecule has 1 amide bonds. The average molecular weight is 331 g/mol. The second kappa shape index (κ2) is 6.92. The van der Waals surface area contributed by atoms with Crippen molar-refractivity contribution < 1.29 is 9.53 Å². The van der Waals surface area contributed by atoms with Gasteiger partial charge in [-0.15, -0.1) is 11.3 Å². The van der Waals surface area contributed by atoms with Gasteiger partial charge in [0.05, 0.1) is 12.3 Å². The van der Waals surface area contributed by atoms with E-state index in [1.807, 2.05) is 36.6 Å². The van der Waals surface area contributed by atoms with E-state index >= 15 is 0 Å². The molecule has 0 atom stereocenters. The quantitative estimate of drug-likeness (QED) is 0.844. The molecule has 0 saturated carbocycles. The Morgan fingerprint density at radius 3 is 2.90 bits per heavy atom. The molecule has 0 aliphatic carbocycles. The number of nitrogens with zero attached hydrogens (tertiary/aromatic N) is 1. The zero-order valence-electron chi connectivity index (χ0n) is 10.6. The van der Waals surface area contributed by atoms with E-state index < -0.39 is 10.7 Å². The Morgan fingerprint density at radius 1 is 1.45 bits per heavy atom. The Balaban J connectivity index is 2.22. The molecule has 1 heterocycles. The van der Waals surface area contributed by atoms with Crippen LogP contribution in [0.3, 0.4) is 0 Å². The predicted molar refractivity (Wildman–Crippen MR) is 82.8 cm³/mol. The molecule has 4 nitrogen and oxygen atoms in total. The zero-order valence-corrected chi connectivity index (χ0v) is 12.9. The average Bonchev–Trinajstić information content (AvgIpc) is 2.88. The predicted octanol–water partition coefficient (Wildman–Crippen LogP) is 3.95. The van der Waals surface area contributed by atoms with E-state index in [4.69, 9.17) is 27.9 Å². The van der Waals surface area contributed by atoms with Crippen molar-refractivity contribution in [3.8, 4) is 17.0 Å². The van der Waals surface area contributed by atoms with E-state index in [0.29, 0.717) is 11.7 Å². The van der Waals surface area contributed by atoms with E-state index in [1.54, 1.807) is 0 Å². The molecule has 1 aromatic carbocycles. The molecular formula is C13H12Cl2N2O2S. The van der Waals surface area contributed by atoms with Gasteiger partial charge in [-0.1, -0.05) is 35.3 Å². The van der Waals surface area contributed by atoms with Gasteiger partial charge in [0.2, 0.25) is 0 Å². The van der Waals surface area contributed by atoms with Crippen molar-refractivity contribution in [2.45, 2.75) is 11.8 Å². The molecule has 106 valence electrons. The molecule has 0 fully saturated rings. The summed E-state index contributed by atoms with van der Waals surface area (Å²) < 4.78 is 5.56. The van der Waals surface area contributed by atoms with Crippen LogP contribution < -0.4 is 10.1 Å². The Bertz CT molecular complexity index is 602. The van der Waals surface area contributed by atoms with Crippen LogP contribution in [0.2, 0.25) is 0 Å². The second-order valence-electron chi connectivity index (χ2n) is 3.76. The largest absolute Gasteiger partial charge is 0.493 e. The lowest BCUT2D eigenvalue weighted by Crippen LogP contribution is -2.18. The molecule has 1 N–H and O–H groups in total. The number of carbonyl (C=O) groups is 1. The molecule has 0 saturated heterocycles. The van der Waals surface area contributed by atoms with Crippen LogP contribution in [0.4, 0.5) is 5.13 Å². The van der Waals surface area contributed by atoms with Crippen LogP contribution in [0, 0.1) is 0 Å². The first-order chi connectivity index (χ1) is 9.61. The molecule has 20 heavy (non-hydrogen) atoms. The van der Waals surface area contributed by atoms with Gasteiger partial charge in [0, 0.05) is 10.9 Å².